The molecule has 0 N–H and O–H groups in total. The fourth-order valence-corrected chi connectivity index (χ4v) is 2.15. The second-order valence-electron chi connectivity index (χ2n) is 4.13. The van der Waals surface area contributed by atoms with Crippen LogP contribution in [0.25, 0.3) is 0 Å². The molecule has 3 nitrogen and oxygen atoms in total. The van der Waals surface area contributed by atoms with E-state index < -0.39 is 0 Å². The van der Waals surface area contributed by atoms with E-state index in [1.54, 1.807) is 19.0 Å². The highest BCUT2D eigenvalue weighted by Gasteiger charge is 2.53. The summed E-state index contributed by atoms with van der Waals surface area (Å²) in [4.78, 5) is 18.0. The van der Waals surface area contributed by atoms with Crippen LogP contribution in [-0.2, 0) is 10.2 Å². The van der Waals surface area contributed by atoms with Crippen LogP contribution in [0.2, 0.25) is 0 Å². The van der Waals surface area contributed by atoms with Crippen molar-refractivity contribution in [3.05, 3.63) is 28.5 Å². The van der Waals surface area contributed by atoms with Gasteiger partial charge in [0, 0.05) is 14.1 Å². The van der Waals surface area contributed by atoms with E-state index in [1.807, 2.05) is 18.2 Å². The molecule has 80 valence electrons. The molecule has 0 aliphatic heterocycles. The highest BCUT2D eigenvalue weighted by atomic mass is 79.9. The quantitative estimate of drug-likeness (QED) is 0.769. The van der Waals surface area contributed by atoms with Crippen LogP contribution < -0.4 is 0 Å². The number of pyridine rings is 1. The monoisotopic (exact) mass is 268 g/mol. The number of carbonyl (C=O) groups is 1. The summed E-state index contributed by atoms with van der Waals surface area (Å²) in [5.41, 5.74) is 0.545. The van der Waals surface area contributed by atoms with Crippen molar-refractivity contribution in [1.29, 1.82) is 0 Å². The highest BCUT2D eigenvalue weighted by molar-refractivity contribution is 9.10. The van der Waals surface area contributed by atoms with E-state index in [1.165, 1.54) is 0 Å². The van der Waals surface area contributed by atoms with Crippen molar-refractivity contribution in [2.45, 2.75) is 18.3 Å². The smallest absolute Gasteiger partial charge is 0.234 e. The first-order chi connectivity index (χ1) is 7.06. The first kappa shape index (κ1) is 10.6. The molecule has 0 spiro atoms. The van der Waals surface area contributed by atoms with Crippen molar-refractivity contribution in [1.82, 2.24) is 9.88 Å². The summed E-state index contributed by atoms with van der Waals surface area (Å²) in [5, 5.41) is 0. The number of rotatable bonds is 2. The minimum atomic E-state index is -0.340. The summed E-state index contributed by atoms with van der Waals surface area (Å²) in [6, 6.07) is 5.73. The molecule has 1 amide bonds. The van der Waals surface area contributed by atoms with Gasteiger partial charge in [0.25, 0.3) is 0 Å². The van der Waals surface area contributed by atoms with Gasteiger partial charge in [0.2, 0.25) is 5.91 Å². The van der Waals surface area contributed by atoms with E-state index >= 15 is 0 Å². The molecule has 0 aromatic carbocycles. The molecule has 1 aromatic rings. The van der Waals surface area contributed by atoms with E-state index in [4.69, 9.17) is 0 Å². The van der Waals surface area contributed by atoms with Crippen LogP contribution in [0.1, 0.15) is 18.5 Å². The lowest BCUT2D eigenvalue weighted by atomic mass is 10.0. The second kappa shape index (κ2) is 3.59. The predicted molar refractivity (Wildman–Crippen MR) is 61.5 cm³/mol. The summed E-state index contributed by atoms with van der Waals surface area (Å²) in [7, 11) is 3.58. The van der Waals surface area contributed by atoms with Crippen molar-refractivity contribution in [2.24, 2.45) is 0 Å². The molecule has 1 fully saturated rings. The number of halogens is 1. The highest BCUT2D eigenvalue weighted by Crippen LogP contribution is 2.48. The van der Waals surface area contributed by atoms with E-state index in [0.29, 0.717) is 0 Å². The van der Waals surface area contributed by atoms with Gasteiger partial charge in [-0.2, -0.15) is 0 Å². The van der Waals surface area contributed by atoms with Crippen molar-refractivity contribution in [3.8, 4) is 0 Å². The number of hydrogen-bond acceptors (Lipinski definition) is 2. The van der Waals surface area contributed by atoms with Crippen LogP contribution in [0.5, 0.6) is 0 Å². The lowest BCUT2D eigenvalue weighted by Crippen LogP contribution is -2.34. The Bertz CT molecular complexity index is 399. The molecular formula is C11H13BrN2O. The Morgan fingerprint density at radius 2 is 2.13 bits per heavy atom. The minimum absolute atomic E-state index is 0.160. The average Bonchev–Trinajstić information content (AvgIpc) is 2.97. The molecule has 2 rings (SSSR count). The van der Waals surface area contributed by atoms with Crippen LogP contribution >= 0.6 is 15.9 Å². The Morgan fingerprint density at radius 3 is 2.60 bits per heavy atom. The van der Waals surface area contributed by atoms with Crippen LogP contribution in [0.3, 0.4) is 0 Å². The van der Waals surface area contributed by atoms with Gasteiger partial charge in [0.15, 0.2) is 0 Å². The number of aromatic nitrogens is 1. The number of hydrogen-bond donors (Lipinski definition) is 0. The fourth-order valence-electron chi connectivity index (χ4n) is 1.81. The number of likely N-dealkylation sites (N-methyl/N-ethyl adjacent to an activating group) is 1. The molecule has 0 bridgehead atoms. The average molecular weight is 269 g/mol. The van der Waals surface area contributed by atoms with Gasteiger partial charge in [-0.05, 0) is 40.9 Å². The van der Waals surface area contributed by atoms with Gasteiger partial charge in [-0.25, -0.2) is 4.98 Å². The van der Waals surface area contributed by atoms with E-state index in [0.717, 1.165) is 23.1 Å². The van der Waals surface area contributed by atoms with Crippen LogP contribution in [-0.4, -0.2) is 29.9 Å². The first-order valence-electron chi connectivity index (χ1n) is 4.91. The Morgan fingerprint density at radius 1 is 1.47 bits per heavy atom. The molecule has 1 aliphatic rings. The lowest BCUT2D eigenvalue weighted by Gasteiger charge is -2.19. The Labute approximate surface area is 97.6 Å². The maximum absolute atomic E-state index is 12.0. The van der Waals surface area contributed by atoms with Crippen LogP contribution in [0.15, 0.2) is 22.8 Å². The van der Waals surface area contributed by atoms with Crippen molar-refractivity contribution < 1.29 is 4.79 Å². The normalized spacial score (nSPS) is 17.3. The minimum Gasteiger partial charge on any atom is -0.348 e. The third-order valence-electron chi connectivity index (χ3n) is 2.77. The van der Waals surface area contributed by atoms with Crippen LogP contribution in [0.4, 0.5) is 0 Å². The maximum atomic E-state index is 12.0. The number of carbonyl (C=O) groups excluding carboxylic acids is 1. The van der Waals surface area contributed by atoms with Gasteiger partial charge >= 0.3 is 0 Å². The van der Waals surface area contributed by atoms with E-state index in [2.05, 4.69) is 20.9 Å². The molecule has 0 unspecified atom stereocenters. The topological polar surface area (TPSA) is 33.2 Å². The Kier molecular flexibility index (Phi) is 2.54. The standard InChI is InChI=1S/C11H13BrN2O/c1-14(2)10(15)11(6-7-11)8-4-3-5-9(12)13-8/h3-5H,6-7H2,1-2H3. The van der Waals surface area contributed by atoms with Crippen molar-refractivity contribution in [3.63, 3.8) is 0 Å². The fraction of sp³-hybridized carbons (Fsp3) is 0.455. The van der Waals surface area contributed by atoms with Gasteiger partial charge in [-0.3, -0.25) is 4.79 Å². The summed E-state index contributed by atoms with van der Waals surface area (Å²) >= 11 is 3.33. The zero-order valence-electron chi connectivity index (χ0n) is 8.83. The summed E-state index contributed by atoms with van der Waals surface area (Å²) in [5.74, 6) is 0.160. The molecule has 1 saturated carbocycles. The van der Waals surface area contributed by atoms with Crippen LogP contribution in [0, 0.1) is 0 Å². The van der Waals surface area contributed by atoms with Gasteiger partial charge in [-0.15, -0.1) is 0 Å². The third kappa shape index (κ3) is 1.78. The van der Waals surface area contributed by atoms with Crippen molar-refractivity contribution >= 4 is 21.8 Å². The third-order valence-corrected chi connectivity index (χ3v) is 3.21. The molecule has 0 radical (unpaired) electrons. The zero-order chi connectivity index (χ0) is 11.1. The molecule has 4 heteroatoms. The summed E-state index contributed by atoms with van der Waals surface area (Å²) in [6.45, 7) is 0. The first-order valence-corrected chi connectivity index (χ1v) is 5.70. The SMILES string of the molecule is CN(C)C(=O)C1(c2cccc(Br)n2)CC1. The Balaban J connectivity index is 2.35. The van der Waals surface area contributed by atoms with Gasteiger partial charge < -0.3 is 4.90 Å². The molecular weight excluding hydrogens is 256 g/mol. The largest absolute Gasteiger partial charge is 0.348 e. The lowest BCUT2D eigenvalue weighted by molar-refractivity contribution is -0.131. The van der Waals surface area contributed by atoms with Gasteiger partial charge in [-0.1, -0.05) is 6.07 Å². The second-order valence-corrected chi connectivity index (χ2v) is 4.94. The molecule has 1 aromatic heterocycles. The maximum Gasteiger partial charge on any atom is 0.234 e. The molecule has 1 aliphatic carbocycles. The van der Waals surface area contributed by atoms with E-state index in [9.17, 15) is 4.79 Å². The van der Waals surface area contributed by atoms with Gasteiger partial charge in [0.1, 0.15) is 4.60 Å². The Hall–Kier alpha value is -0.900. The molecule has 1 heterocycles. The zero-order valence-corrected chi connectivity index (χ0v) is 10.4. The van der Waals surface area contributed by atoms with E-state index in [-0.39, 0.29) is 11.3 Å². The van der Waals surface area contributed by atoms with Gasteiger partial charge in [0.05, 0.1) is 11.1 Å². The number of nitrogens with zero attached hydrogens (tertiary/aromatic N) is 2. The molecule has 0 atom stereocenters. The summed E-state index contributed by atoms with van der Waals surface area (Å²) in [6.07, 6.45) is 1.82. The number of amides is 1. The van der Waals surface area contributed by atoms with Crippen molar-refractivity contribution in [2.75, 3.05) is 14.1 Å². The molecule has 0 saturated heterocycles. The molecule has 15 heavy (non-hydrogen) atoms. The predicted octanol–water partition coefficient (Wildman–Crippen LogP) is 1.96. The summed E-state index contributed by atoms with van der Waals surface area (Å²) < 4.78 is 0.790.